The van der Waals surface area contributed by atoms with Crippen molar-refractivity contribution in [1.29, 1.82) is 0 Å². The zero-order valence-electron chi connectivity index (χ0n) is 20.0. The lowest BCUT2D eigenvalue weighted by molar-refractivity contribution is -0.142. The molecule has 34 heavy (non-hydrogen) atoms. The third-order valence-corrected chi connectivity index (χ3v) is 9.12. The minimum Gasteiger partial charge on any atom is -0.493 e. The van der Waals surface area contributed by atoms with E-state index in [-0.39, 0.29) is 28.4 Å². The van der Waals surface area contributed by atoms with Gasteiger partial charge >= 0.3 is 0 Å². The van der Waals surface area contributed by atoms with Gasteiger partial charge in [0.2, 0.25) is 17.7 Å². The number of halogens is 1. The Morgan fingerprint density at radius 2 is 2.09 bits per heavy atom. The van der Waals surface area contributed by atoms with Gasteiger partial charge in [-0.25, -0.2) is 0 Å². The van der Waals surface area contributed by atoms with Crippen LogP contribution in [0.4, 0.5) is 0 Å². The summed E-state index contributed by atoms with van der Waals surface area (Å²) in [5, 5.41) is 6.31. The van der Waals surface area contributed by atoms with Crippen molar-refractivity contribution in [3.05, 3.63) is 28.8 Å². The van der Waals surface area contributed by atoms with Crippen LogP contribution in [0.3, 0.4) is 0 Å². The van der Waals surface area contributed by atoms with E-state index in [0.717, 1.165) is 17.7 Å². The van der Waals surface area contributed by atoms with E-state index in [1.54, 1.807) is 30.6 Å². The molecule has 3 aliphatic rings. The van der Waals surface area contributed by atoms with Crippen molar-refractivity contribution < 1.29 is 19.1 Å². The van der Waals surface area contributed by atoms with Crippen molar-refractivity contribution in [1.82, 2.24) is 15.5 Å². The molecule has 0 spiro atoms. The second-order valence-electron chi connectivity index (χ2n) is 10.1. The summed E-state index contributed by atoms with van der Waals surface area (Å²) in [6.45, 7) is 6.25. The minimum atomic E-state index is -0.750. The number of hydrogen-bond acceptors (Lipinski definition) is 6. The number of benzene rings is 1. The molecule has 0 aromatic heterocycles. The molecule has 0 aliphatic carbocycles. The van der Waals surface area contributed by atoms with Crippen molar-refractivity contribution in [2.75, 3.05) is 13.7 Å². The van der Waals surface area contributed by atoms with E-state index in [1.165, 1.54) is 0 Å². The monoisotopic (exact) mass is 508 g/mol. The Bertz CT molecular complexity index is 990. The van der Waals surface area contributed by atoms with Crippen molar-refractivity contribution in [3.63, 3.8) is 0 Å². The van der Waals surface area contributed by atoms with E-state index in [2.05, 4.69) is 10.6 Å². The van der Waals surface area contributed by atoms with Crippen molar-refractivity contribution >= 4 is 41.1 Å². The molecule has 3 aliphatic heterocycles. The number of carbonyl (C=O) groups excluding carboxylic acids is 3. The summed E-state index contributed by atoms with van der Waals surface area (Å²) in [4.78, 5) is 40.7. The first kappa shape index (κ1) is 25.1. The number of rotatable bonds is 5. The first-order valence-electron chi connectivity index (χ1n) is 11.7. The van der Waals surface area contributed by atoms with Gasteiger partial charge in [0.1, 0.15) is 17.8 Å². The van der Waals surface area contributed by atoms with Gasteiger partial charge in [0, 0.05) is 16.2 Å². The van der Waals surface area contributed by atoms with Crippen LogP contribution < -0.4 is 21.1 Å². The van der Waals surface area contributed by atoms with Gasteiger partial charge in [0.05, 0.1) is 18.0 Å². The van der Waals surface area contributed by atoms with Crippen LogP contribution in [-0.2, 0) is 14.4 Å². The number of carbonyl (C=O) groups is 3. The van der Waals surface area contributed by atoms with Gasteiger partial charge in [-0.05, 0) is 56.3 Å². The summed E-state index contributed by atoms with van der Waals surface area (Å²) in [6, 6.07) is 3.76. The van der Waals surface area contributed by atoms with Crippen LogP contribution in [0, 0.1) is 5.41 Å². The summed E-state index contributed by atoms with van der Waals surface area (Å²) in [5.41, 5.74) is 6.39. The Hall–Kier alpha value is -1.97. The fourth-order valence-corrected chi connectivity index (χ4v) is 7.69. The average Bonchev–Trinajstić information content (AvgIpc) is 2.99. The molecule has 2 fully saturated rings. The Labute approximate surface area is 209 Å². The largest absolute Gasteiger partial charge is 0.493 e. The maximum absolute atomic E-state index is 13.8. The number of thioether (sulfide) groups is 1. The van der Waals surface area contributed by atoms with Gasteiger partial charge in [-0.3, -0.25) is 14.4 Å². The van der Waals surface area contributed by atoms with Gasteiger partial charge in [-0.15, -0.1) is 11.8 Å². The molecule has 3 amide bonds. The van der Waals surface area contributed by atoms with Crippen LogP contribution in [0.5, 0.6) is 5.75 Å². The molecule has 3 heterocycles. The molecule has 0 saturated carbocycles. The Balaban J connectivity index is 1.72. The molecule has 4 N–H and O–H groups in total. The summed E-state index contributed by atoms with van der Waals surface area (Å²) >= 11 is 7.91. The number of primary amides is 1. The van der Waals surface area contributed by atoms with Crippen molar-refractivity contribution in [3.8, 4) is 5.75 Å². The highest BCUT2D eigenvalue weighted by atomic mass is 35.5. The number of ether oxygens (including phenoxy) is 1. The Kier molecular flexibility index (Phi) is 7.09. The van der Waals surface area contributed by atoms with E-state index < -0.39 is 29.4 Å². The normalized spacial score (nSPS) is 31.0. The second-order valence-corrected chi connectivity index (χ2v) is 12.0. The molecule has 186 valence electrons. The minimum absolute atomic E-state index is 0.0281. The summed E-state index contributed by atoms with van der Waals surface area (Å²) < 4.78 is 5.87. The number of nitrogens with zero attached hydrogens (tertiary/aromatic N) is 1. The predicted molar refractivity (Wildman–Crippen MR) is 133 cm³/mol. The number of likely N-dealkylation sites (N-methyl/N-ethyl adjacent to an activating group) is 1. The van der Waals surface area contributed by atoms with Crippen LogP contribution >= 0.6 is 23.4 Å². The third-order valence-electron chi connectivity index (χ3n) is 7.30. The zero-order valence-corrected chi connectivity index (χ0v) is 21.5. The quantitative estimate of drug-likeness (QED) is 0.562. The smallest absolute Gasteiger partial charge is 0.246 e. The fraction of sp³-hybridized carbons (Fsp3) is 0.625. The molecule has 0 radical (unpaired) electrons. The van der Waals surface area contributed by atoms with E-state index in [9.17, 15) is 14.4 Å². The molecule has 4 unspecified atom stereocenters. The van der Waals surface area contributed by atoms with Gasteiger partial charge in [0.25, 0.3) is 0 Å². The standard InChI is InChI=1S/C24H33ClN4O4S/c1-12(27-4)22(31)28-16-10-18(15-7-8-33-17-9-13(25)5-6-14(15)17)34-19-11-24(2,3)20(21(26)30)29(19)23(16)32/h5-6,9,12,15-16,18-20,27H,7-8,10-11H2,1-4H3,(H2,26,30)(H,28,31)/t12-,15+,16?,18?,19?,20?/m0/s1. The molecule has 1 aromatic carbocycles. The Morgan fingerprint density at radius 3 is 2.76 bits per heavy atom. The van der Waals surface area contributed by atoms with Crippen LogP contribution in [0.15, 0.2) is 18.2 Å². The van der Waals surface area contributed by atoms with Crippen molar-refractivity contribution in [2.24, 2.45) is 11.1 Å². The van der Waals surface area contributed by atoms with Crippen LogP contribution in [0.1, 0.15) is 51.5 Å². The molecule has 4 rings (SSSR count). The van der Waals surface area contributed by atoms with Gasteiger partial charge in [0.15, 0.2) is 0 Å². The van der Waals surface area contributed by atoms with E-state index in [0.29, 0.717) is 24.5 Å². The second kappa shape index (κ2) is 9.59. The molecule has 2 saturated heterocycles. The number of amides is 3. The van der Waals surface area contributed by atoms with Crippen molar-refractivity contribution in [2.45, 2.75) is 74.7 Å². The van der Waals surface area contributed by atoms with Gasteiger partial charge in [-0.2, -0.15) is 0 Å². The molecule has 10 heteroatoms. The topological polar surface area (TPSA) is 114 Å². The van der Waals surface area contributed by atoms with Gasteiger partial charge in [-0.1, -0.05) is 31.5 Å². The number of fused-ring (bicyclic) bond motifs is 2. The van der Waals surface area contributed by atoms with Crippen LogP contribution in [0.2, 0.25) is 5.02 Å². The summed E-state index contributed by atoms with van der Waals surface area (Å²) in [6.07, 6.45) is 1.90. The number of nitrogens with one attached hydrogen (secondary N) is 2. The van der Waals surface area contributed by atoms with E-state index >= 15 is 0 Å². The number of hydrogen-bond donors (Lipinski definition) is 3. The third kappa shape index (κ3) is 4.62. The predicted octanol–water partition coefficient (Wildman–Crippen LogP) is 2.24. The SMILES string of the molecule is CN[C@@H](C)C(=O)NC1CC([C@@H]2CCOc3cc(Cl)ccc32)SC2CC(C)(C)C(C(N)=O)N2C1=O. The lowest BCUT2D eigenvalue weighted by Crippen LogP contribution is -2.57. The number of nitrogens with two attached hydrogens (primary N) is 1. The molecule has 8 nitrogen and oxygen atoms in total. The maximum Gasteiger partial charge on any atom is 0.246 e. The summed E-state index contributed by atoms with van der Waals surface area (Å²) in [7, 11) is 1.70. The lowest BCUT2D eigenvalue weighted by atomic mass is 9.84. The highest BCUT2D eigenvalue weighted by Crippen LogP contribution is 2.51. The average molecular weight is 509 g/mol. The van der Waals surface area contributed by atoms with E-state index in [4.69, 9.17) is 22.1 Å². The fourth-order valence-electron chi connectivity index (χ4n) is 5.46. The molecule has 6 atom stereocenters. The highest BCUT2D eigenvalue weighted by molar-refractivity contribution is 8.00. The first-order valence-corrected chi connectivity index (χ1v) is 13.0. The molecule has 0 bridgehead atoms. The highest BCUT2D eigenvalue weighted by Gasteiger charge is 2.55. The van der Waals surface area contributed by atoms with Gasteiger partial charge < -0.3 is 26.0 Å². The van der Waals surface area contributed by atoms with Crippen LogP contribution in [0.25, 0.3) is 0 Å². The lowest BCUT2D eigenvalue weighted by Gasteiger charge is -2.33. The molecular weight excluding hydrogens is 476 g/mol. The Morgan fingerprint density at radius 1 is 1.35 bits per heavy atom. The summed E-state index contributed by atoms with van der Waals surface area (Å²) in [5.74, 6) is -0.121. The zero-order chi connectivity index (χ0) is 24.8. The van der Waals surface area contributed by atoms with E-state index in [1.807, 2.05) is 32.0 Å². The maximum atomic E-state index is 13.8. The molecular formula is C24H33ClN4O4S. The molecule has 1 aromatic rings. The first-order chi connectivity index (χ1) is 16.0. The van der Waals surface area contributed by atoms with Crippen LogP contribution in [-0.4, -0.2) is 65.0 Å².